The van der Waals surface area contributed by atoms with Crippen molar-refractivity contribution in [2.75, 3.05) is 31.7 Å². The second-order valence-electron chi connectivity index (χ2n) is 8.20. The van der Waals surface area contributed by atoms with Gasteiger partial charge in [-0.25, -0.2) is 4.79 Å². The number of esters is 1. The smallest absolute Gasteiger partial charge is 0.340 e. The normalized spacial score (nSPS) is 15.5. The first-order valence-corrected chi connectivity index (χ1v) is 11.5. The average Bonchev–Trinajstić information content (AvgIpc) is 2.88. The van der Waals surface area contributed by atoms with Gasteiger partial charge in [0.15, 0.2) is 6.10 Å². The SMILES string of the molecule is CCOC(Cc1ccc(OCC2CN(C)c3ccccc3O2)cc1)C(=O)Oc1ccc(N=O)cc1. The number of rotatable bonds is 10. The molecule has 0 fully saturated rings. The number of likely N-dealkylation sites (N-methyl/N-ethyl adjacent to an activating group) is 1. The van der Waals surface area contributed by atoms with E-state index in [1.54, 1.807) is 0 Å². The maximum absolute atomic E-state index is 12.6. The van der Waals surface area contributed by atoms with Gasteiger partial charge in [0.25, 0.3) is 0 Å². The van der Waals surface area contributed by atoms with Gasteiger partial charge in [0.1, 0.15) is 35.6 Å². The van der Waals surface area contributed by atoms with Crippen LogP contribution in [0.25, 0.3) is 0 Å². The number of carbonyl (C=O) groups is 1. The van der Waals surface area contributed by atoms with Crippen LogP contribution in [-0.2, 0) is 16.0 Å². The largest absolute Gasteiger partial charge is 0.490 e. The standard InChI is InChI=1S/C27H28N2O6/c1-3-32-26(27(30)35-22-14-10-20(28-31)11-15-22)16-19-8-12-21(13-9-19)33-18-23-17-29(2)24-6-4-5-7-25(24)34-23/h4-15,23,26H,3,16-18H2,1-2H3. The molecule has 1 heterocycles. The third-order valence-electron chi connectivity index (χ3n) is 5.62. The number of hydrogen-bond acceptors (Lipinski definition) is 8. The molecule has 8 heteroatoms. The first kappa shape index (κ1) is 24.2. The van der Waals surface area contributed by atoms with Crippen molar-refractivity contribution in [3.63, 3.8) is 0 Å². The Morgan fingerprint density at radius 3 is 2.49 bits per heavy atom. The first-order valence-electron chi connectivity index (χ1n) is 11.5. The Labute approximate surface area is 204 Å². The minimum Gasteiger partial charge on any atom is -0.490 e. The van der Waals surface area contributed by atoms with Crippen molar-refractivity contribution in [1.29, 1.82) is 0 Å². The highest BCUT2D eigenvalue weighted by molar-refractivity contribution is 5.77. The molecule has 0 bridgehead atoms. The molecule has 0 N–H and O–H groups in total. The number of carbonyl (C=O) groups excluding carboxylic acids is 1. The molecule has 0 radical (unpaired) electrons. The Kier molecular flexibility index (Phi) is 7.95. The summed E-state index contributed by atoms with van der Waals surface area (Å²) in [7, 11) is 2.04. The van der Waals surface area contributed by atoms with Crippen LogP contribution < -0.4 is 19.1 Å². The van der Waals surface area contributed by atoms with Gasteiger partial charge in [-0.2, -0.15) is 0 Å². The molecule has 0 aliphatic carbocycles. The lowest BCUT2D eigenvalue weighted by Crippen LogP contribution is -2.41. The average molecular weight is 477 g/mol. The van der Waals surface area contributed by atoms with E-state index in [0.29, 0.717) is 25.4 Å². The minimum atomic E-state index is -0.762. The number of nitrogens with zero attached hydrogens (tertiary/aromatic N) is 2. The predicted octanol–water partition coefficient (Wildman–Crippen LogP) is 4.91. The van der Waals surface area contributed by atoms with E-state index in [1.165, 1.54) is 24.3 Å². The fraction of sp³-hybridized carbons (Fsp3) is 0.296. The zero-order chi connectivity index (χ0) is 24.6. The molecule has 3 aromatic rings. The summed E-state index contributed by atoms with van der Waals surface area (Å²) in [6, 6.07) is 21.5. The van der Waals surface area contributed by atoms with Crippen molar-refractivity contribution in [3.8, 4) is 17.2 Å². The van der Waals surface area contributed by atoms with Crippen molar-refractivity contribution in [3.05, 3.63) is 83.3 Å². The summed E-state index contributed by atoms with van der Waals surface area (Å²) in [5.74, 6) is 1.40. The number of hydrogen-bond donors (Lipinski definition) is 0. The Bertz CT molecular complexity index is 1130. The van der Waals surface area contributed by atoms with Gasteiger partial charge in [0.05, 0.1) is 12.2 Å². The highest BCUT2D eigenvalue weighted by Gasteiger charge is 2.24. The van der Waals surface area contributed by atoms with Gasteiger partial charge in [0, 0.05) is 20.1 Å². The predicted molar refractivity (Wildman–Crippen MR) is 133 cm³/mol. The molecule has 2 atom stereocenters. The van der Waals surface area contributed by atoms with Crippen molar-refractivity contribution < 1.29 is 23.7 Å². The molecule has 3 aromatic carbocycles. The third-order valence-corrected chi connectivity index (χ3v) is 5.62. The quantitative estimate of drug-likeness (QED) is 0.233. The second kappa shape index (κ2) is 11.5. The number of nitroso groups, excluding NO2 is 1. The fourth-order valence-electron chi connectivity index (χ4n) is 3.87. The minimum absolute atomic E-state index is 0.0805. The topological polar surface area (TPSA) is 86.7 Å². The molecule has 4 rings (SSSR count). The molecule has 1 aliphatic rings. The van der Waals surface area contributed by atoms with Crippen molar-refractivity contribution in [1.82, 2.24) is 0 Å². The van der Waals surface area contributed by atoms with Crippen LogP contribution in [0.15, 0.2) is 78.0 Å². The highest BCUT2D eigenvalue weighted by atomic mass is 16.6. The lowest BCUT2D eigenvalue weighted by atomic mass is 10.1. The second-order valence-corrected chi connectivity index (χ2v) is 8.20. The molecule has 0 amide bonds. The van der Waals surface area contributed by atoms with Crippen LogP contribution >= 0.6 is 0 Å². The molecule has 0 aromatic heterocycles. The summed E-state index contributed by atoms with van der Waals surface area (Å²) >= 11 is 0. The van der Waals surface area contributed by atoms with Crippen LogP contribution in [0.2, 0.25) is 0 Å². The van der Waals surface area contributed by atoms with Crippen LogP contribution in [0, 0.1) is 4.91 Å². The van der Waals surface area contributed by atoms with E-state index in [0.717, 1.165) is 29.3 Å². The van der Waals surface area contributed by atoms with Gasteiger partial charge >= 0.3 is 5.97 Å². The summed E-state index contributed by atoms with van der Waals surface area (Å²) in [5, 5.41) is 2.84. The van der Waals surface area contributed by atoms with E-state index < -0.39 is 12.1 Å². The Balaban J connectivity index is 1.31. The van der Waals surface area contributed by atoms with Crippen molar-refractivity contribution in [2.24, 2.45) is 5.18 Å². The van der Waals surface area contributed by atoms with E-state index in [-0.39, 0.29) is 11.8 Å². The Hall–Kier alpha value is -3.91. The van der Waals surface area contributed by atoms with E-state index in [1.807, 2.05) is 62.5 Å². The van der Waals surface area contributed by atoms with Crippen molar-refractivity contribution >= 4 is 17.3 Å². The van der Waals surface area contributed by atoms with Gasteiger partial charge in [-0.05, 0) is 66.2 Å². The van der Waals surface area contributed by atoms with Crippen molar-refractivity contribution in [2.45, 2.75) is 25.6 Å². The summed E-state index contributed by atoms with van der Waals surface area (Å²) in [6.45, 7) is 3.35. The lowest BCUT2D eigenvalue weighted by Gasteiger charge is -2.33. The van der Waals surface area contributed by atoms with E-state index >= 15 is 0 Å². The van der Waals surface area contributed by atoms with Crippen LogP contribution in [-0.4, -0.2) is 45.0 Å². The molecule has 182 valence electrons. The van der Waals surface area contributed by atoms with Crippen LogP contribution in [0.1, 0.15) is 12.5 Å². The number of para-hydroxylation sites is 2. The molecular weight excluding hydrogens is 448 g/mol. The molecule has 0 spiro atoms. The number of ether oxygens (including phenoxy) is 4. The number of anilines is 1. The molecule has 0 saturated heterocycles. The maximum Gasteiger partial charge on any atom is 0.340 e. The molecule has 8 nitrogen and oxygen atoms in total. The van der Waals surface area contributed by atoms with Crippen LogP contribution in [0.4, 0.5) is 11.4 Å². The summed E-state index contributed by atoms with van der Waals surface area (Å²) < 4.78 is 23.1. The summed E-state index contributed by atoms with van der Waals surface area (Å²) in [5.41, 5.74) is 2.25. The zero-order valence-electron chi connectivity index (χ0n) is 19.8. The van der Waals surface area contributed by atoms with E-state index in [2.05, 4.69) is 10.1 Å². The van der Waals surface area contributed by atoms with Crippen LogP contribution in [0.3, 0.4) is 0 Å². The summed E-state index contributed by atoms with van der Waals surface area (Å²) in [6.07, 6.45) is -0.487. The number of benzene rings is 3. The molecular formula is C27H28N2O6. The fourth-order valence-corrected chi connectivity index (χ4v) is 3.87. The first-order chi connectivity index (χ1) is 17.1. The lowest BCUT2D eigenvalue weighted by molar-refractivity contribution is -0.147. The monoisotopic (exact) mass is 476 g/mol. The van der Waals surface area contributed by atoms with Gasteiger partial charge < -0.3 is 23.8 Å². The van der Waals surface area contributed by atoms with E-state index in [4.69, 9.17) is 18.9 Å². The Morgan fingerprint density at radius 1 is 1.06 bits per heavy atom. The van der Waals surface area contributed by atoms with Gasteiger partial charge in [-0.15, -0.1) is 4.91 Å². The van der Waals surface area contributed by atoms with Gasteiger partial charge in [-0.1, -0.05) is 24.3 Å². The molecule has 0 saturated carbocycles. The summed E-state index contributed by atoms with van der Waals surface area (Å²) in [4.78, 5) is 25.4. The molecule has 35 heavy (non-hydrogen) atoms. The van der Waals surface area contributed by atoms with Gasteiger partial charge in [-0.3, -0.25) is 0 Å². The zero-order valence-corrected chi connectivity index (χ0v) is 19.8. The van der Waals surface area contributed by atoms with E-state index in [9.17, 15) is 9.70 Å². The third kappa shape index (κ3) is 6.36. The highest BCUT2D eigenvalue weighted by Crippen LogP contribution is 2.32. The van der Waals surface area contributed by atoms with Crippen LogP contribution in [0.5, 0.6) is 17.2 Å². The molecule has 2 unspecified atom stereocenters. The molecule has 1 aliphatic heterocycles. The number of fused-ring (bicyclic) bond motifs is 1. The van der Waals surface area contributed by atoms with Gasteiger partial charge in [0.2, 0.25) is 0 Å². The Morgan fingerprint density at radius 2 is 1.77 bits per heavy atom. The maximum atomic E-state index is 12.6.